The summed E-state index contributed by atoms with van der Waals surface area (Å²) >= 11 is -0.153. The molecule has 8 atom stereocenters. The summed E-state index contributed by atoms with van der Waals surface area (Å²) in [5.41, 5.74) is -0.124. The van der Waals surface area contributed by atoms with E-state index in [4.69, 9.17) is 23.4 Å². The van der Waals surface area contributed by atoms with Crippen LogP contribution >= 0.6 is 11.8 Å². The van der Waals surface area contributed by atoms with Gasteiger partial charge in [-0.2, -0.15) is 0 Å². The summed E-state index contributed by atoms with van der Waals surface area (Å²) in [5, 5.41) is -0.191. The number of hydrogen-bond donors (Lipinski definition) is 1. The van der Waals surface area contributed by atoms with Crippen molar-refractivity contribution in [2.75, 3.05) is 6.61 Å². The van der Waals surface area contributed by atoms with E-state index in [1.165, 1.54) is 11.8 Å². The minimum Gasteiger partial charge on any atom is -0.598 e. The number of thioether (sulfide) groups is 1. The monoisotopic (exact) mass is 821 g/mol. The van der Waals surface area contributed by atoms with Gasteiger partial charge in [0.05, 0.1) is 22.7 Å². The van der Waals surface area contributed by atoms with E-state index in [0.717, 1.165) is 0 Å². The Hall–Kier alpha value is -3.43. The highest BCUT2D eigenvalue weighted by atomic mass is 32.2. The van der Waals surface area contributed by atoms with E-state index < -0.39 is 78.2 Å². The summed E-state index contributed by atoms with van der Waals surface area (Å²) in [7, 11) is -2.18. The molecule has 3 aromatic rings. The largest absolute Gasteiger partial charge is 0.598 e. The van der Waals surface area contributed by atoms with E-state index in [1.54, 1.807) is 91.0 Å². The molecule has 0 amide bonds. The third-order valence-corrected chi connectivity index (χ3v) is 17.7. The van der Waals surface area contributed by atoms with Gasteiger partial charge >= 0.3 is 17.9 Å². The van der Waals surface area contributed by atoms with Gasteiger partial charge < -0.3 is 27.9 Å². The first-order valence-electron chi connectivity index (χ1n) is 19.0. The Morgan fingerprint density at radius 1 is 0.732 bits per heavy atom. The Bertz CT molecular complexity index is 1780. The van der Waals surface area contributed by atoms with Crippen LogP contribution in [0.25, 0.3) is 0 Å². The summed E-state index contributed by atoms with van der Waals surface area (Å²) in [6.45, 7) is 16.9. The van der Waals surface area contributed by atoms with Gasteiger partial charge in [0.15, 0.2) is 26.6 Å². The molecule has 56 heavy (non-hydrogen) atoms. The van der Waals surface area contributed by atoms with Crippen molar-refractivity contribution in [3.05, 3.63) is 120 Å². The lowest BCUT2D eigenvalue weighted by Gasteiger charge is -2.48. The average Bonchev–Trinajstić information content (AvgIpc) is 3.16. The lowest BCUT2D eigenvalue weighted by molar-refractivity contribution is -0.205. The molecule has 0 aliphatic carbocycles. The molecule has 0 spiro atoms. The molecule has 1 fully saturated rings. The fraction of sp³-hybridized carbons (Fsp3) is 0.465. The predicted molar refractivity (Wildman–Crippen MR) is 223 cm³/mol. The van der Waals surface area contributed by atoms with Gasteiger partial charge in [0.2, 0.25) is 0 Å². The van der Waals surface area contributed by atoms with Crippen LogP contribution < -0.4 is 4.72 Å². The number of benzene rings is 3. The molecule has 302 valence electrons. The van der Waals surface area contributed by atoms with E-state index in [9.17, 15) is 18.9 Å². The summed E-state index contributed by atoms with van der Waals surface area (Å²) in [6.07, 6.45) is 0.0808. The Morgan fingerprint density at radius 2 is 1.18 bits per heavy atom. The van der Waals surface area contributed by atoms with Crippen molar-refractivity contribution >= 4 is 49.3 Å². The second kappa shape index (κ2) is 18.9. The van der Waals surface area contributed by atoms with Crippen molar-refractivity contribution in [1.29, 1.82) is 0 Å². The lowest BCUT2D eigenvalue weighted by atomic mass is 9.92. The fourth-order valence-electron chi connectivity index (χ4n) is 5.89. The van der Waals surface area contributed by atoms with E-state index in [-0.39, 0.29) is 27.0 Å². The van der Waals surface area contributed by atoms with Crippen LogP contribution in [0, 0.1) is 0 Å². The van der Waals surface area contributed by atoms with Crippen LogP contribution in [0.4, 0.5) is 0 Å². The molecule has 10 nitrogen and oxygen atoms in total. The first-order chi connectivity index (χ1) is 26.4. The molecule has 13 heteroatoms. The van der Waals surface area contributed by atoms with Crippen LogP contribution in [0.3, 0.4) is 0 Å². The Kier molecular flexibility index (Phi) is 14.7. The van der Waals surface area contributed by atoms with Gasteiger partial charge in [-0.05, 0) is 88.1 Å². The van der Waals surface area contributed by atoms with Gasteiger partial charge in [0.1, 0.15) is 16.3 Å². The highest BCUT2D eigenvalue weighted by Gasteiger charge is 2.56. The lowest BCUT2D eigenvalue weighted by Crippen LogP contribution is -2.66. The highest BCUT2D eigenvalue weighted by molar-refractivity contribution is 8.00. The first kappa shape index (κ1) is 43.7. The van der Waals surface area contributed by atoms with Crippen LogP contribution in [0.2, 0.25) is 18.1 Å². The summed E-state index contributed by atoms with van der Waals surface area (Å²) in [6, 6.07) is 24.8. The number of esters is 3. The number of nitrogens with one attached hydrogen (secondary N) is 1. The van der Waals surface area contributed by atoms with Gasteiger partial charge in [-0.1, -0.05) is 87.5 Å². The second-order valence-electron chi connectivity index (χ2n) is 16.6. The Morgan fingerprint density at radius 3 is 1.64 bits per heavy atom. The van der Waals surface area contributed by atoms with Crippen molar-refractivity contribution in [1.82, 2.24) is 4.72 Å². The van der Waals surface area contributed by atoms with Crippen molar-refractivity contribution in [3.63, 3.8) is 0 Å². The maximum atomic E-state index is 14.0. The maximum absolute atomic E-state index is 14.0. The van der Waals surface area contributed by atoms with E-state index in [0.29, 0.717) is 19.4 Å². The van der Waals surface area contributed by atoms with Crippen molar-refractivity contribution in [3.8, 4) is 0 Å². The fourth-order valence-corrected chi connectivity index (χ4v) is 9.22. The normalized spacial score (nSPS) is 25.6. The molecule has 2 unspecified atom stereocenters. The quantitative estimate of drug-likeness (QED) is 0.0659. The Balaban J connectivity index is 1.64. The van der Waals surface area contributed by atoms with Crippen molar-refractivity contribution in [2.24, 2.45) is 0 Å². The van der Waals surface area contributed by atoms with Crippen LogP contribution in [0.15, 0.2) is 103 Å². The average molecular weight is 822 g/mol. The predicted octanol–water partition coefficient (Wildman–Crippen LogP) is 8.28. The van der Waals surface area contributed by atoms with Crippen molar-refractivity contribution < 1.29 is 42.3 Å². The number of fused-ring (bicyclic) bond motifs is 2. The second-order valence-corrected chi connectivity index (χ2v) is 24.8. The standard InChI is InChI=1S/C43H55NO9S2Si/c1-42(2,3)55(48)44-33-27-19-18-26-32(28-49-56(7,8)43(4,5)6)54-41-37(52-40(47)31-24-16-11-17-25-31)36(51-39(46)30-22-14-10-15-23-30)35(34(33)53-41)50-38(45)29-20-12-9-13-21-29/h9-25,32-37,41,44H,26-28H2,1-8H3/b19-18-/t32?,33-,34-,35+,36+,37-,41-,55?/m1/s1. The highest BCUT2D eigenvalue weighted by Crippen LogP contribution is 2.42. The zero-order valence-corrected chi connectivity index (χ0v) is 36.1. The molecule has 1 saturated heterocycles. The first-order valence-corrected chi connectivity index (χ1v) is 24.0. The molecule has 0 radical (unpaired) electrons. The molecule has 2 heterocycles. The zero-order chi connectivity index (χ0) is 40.7. The topological polar surface area (TPSA) is 132 Å². The van der Waals surface area contributed by atoms with Gasteiger partial charge in [-0.15, -0.1) is 16.5 Å². The van der Waals surface area contributed by atoms with Gasteiger partial charge in [0, 0.05) is 23.2 Å². The number of carbonyl (C=O) groups excluding carboxylic acids is 3. The van der Waals surface area contributed by atoms with Crippen LogP contribution in [-0.4, -0.2) is 83.3 Å². The molecule has 1 N–H and O–H groups in total. The van der Waals surface area contributed by atoms with Crippen LogP contribution in [-0.2, 0) is 34.7 Å². The molecule has 0 aromatic heterocycles. The van der Waals surface area contributed by atoms with Crippen molar-refractivity contribution in [2.45, 2.75) is 118 Å². The SMILES string of the molecule is CC(C)(C)[S+]([O-])N[C@@H]1C/C=C\CC(CO[Si](C)(C)C(C)(C)C)S[C@H]2O[C@H]1[C@H](OC(=O)c1ccccc1)[C@H](OC(=O)c1ccccc1)[C@H]2OC(=O)c1ccccc1. The summed E-state index contributed by atoms with van der Waals surface area (Å²) < 4.78 is 49.1. The molecule has 0 saturated carbocycles. The number of hydrogen-bond acceptors (Lipinski definition) is 11. The number of carbonyl (C=O) groups is 3. The minimum atomic E-state index is -2.18. The van der Waals surface area contributed by atoms with E-state index in [2.05, 4.69) is 44.7 Å². The minimum absolute atomic E-state index is 0.0299. The molecule has 2 bridgehead atoms. The van der Waals surface area contributed by atoms with Crippen LogP contribution in [0.5, 0.6) is 0 Å². The molecule has 5 rings (SSSR count). The molecular formula is C43H55NO9S2Si. The maximum Gasteiger partial charge on any atom is 0.338 e. The van der Waals surface area contributed by atoms with Gasteiger partial charge in [0.25, 0.3) is 0 Å². The van der Waals surface area contributed by atoms with E-state index >= 15 is 0 Å². The number of rotatable bonds is 11. The Labute approximate surface area is 339 Å². The molecule has 2 aliphatic heterocycles. The third-order valence-electron chi connectivity index (χ3n) is 10.2. The smallest absolute Gasteiger partial charge is 0.338 e. The third kappa shape index (κ3) is 11.4. The summed E-state index contributed by atoms with van der Waals surface area (Å²) in [4.78, 5) is 42.0. The van der Waals surface area contributed by atoms with Gasteiger partial charge in [-0.25, -0.2) is 14.4 Å². The number of allylic oxidation sites excluding steroid dienone is 1. The van der Waals surface area contributed by atoms with E-state index in [1.807, 2.05) is 26.8 Å². The van der Waals surface area contributed by atoms with Crippen LogP contribution in [0.1, 0.15) is 85.5 Å². The molecule has 2 aliphatic rings. The zero-order valence-electron chi connectivity index (χ0n) is 33.5. The molecular weight excluding hydrogens is 767 g/mol. The number of ether oxygens (including phenoxy) is 4. The molecule has 3 aromatic carbocycles. The van der Waals surface area contributed by atoms with Gasteiger partial charge in [-0.3, -0.25) is 0 Å². The summed E-state index contributed by atoms with van der Waals surface area (Å²) in [5.74, 6) is -2.06.